The molecule has 33 heavy (non-hydrogen) atoms. The Morgan fingerprint density at radius 2 is 1.82 bits per heavy atom. The van der Waals surface area contributed by atoms with Crippen LogP contribution in [0.2, 0.25) is 0 Å². The first-order valence-corrected chi connectivity index (χ1v) is 12.3. The van der Waals surface area contributed by atoms with Gasteiger partial charge in [0.1, 0.15) is 5.54 Å². The van der Waals surface area contributed by atoms with Gasteiger partial charge in [-0.05, 0) is 75.8 Å². The van der Waals surface area contributed by atoms with Gasteiger partial charge in [0.15, 0.2) is 5.75 Å². The minimum atomic E-state index is -4.31. The second-order valence-corrected chi connectivity index (χ2v) is 11.9. The van der Waals surface area contributed by atoms with Crippen LogP contribution in [0.1, 0.15) is 46.0 Å². The van der Waals surface area contributed by atoms with Crippen molar-refractivity contribution in [3.05, 3.63) is 28.3 Å². The summed E-state index contributed by atoms with van der Waals surface area (Å²) < 4.78 is 28.0. The summed E-state index contributed by atoms with van der Waals surface area (Å²) in [5, 5.41) is 23.6. The highest BCUT2D eigenvalue weighted by Gasteiger charge is 2.58. The number of aromatic hydroxyl groups is 1. The molecule has 1 aromatic carbocycles. The van der Waals surface area contributed by atoms with Crippen LogP contribution in [0.3, 0.4) is 0 Å². The number of phenolic OH excluding ortho intramolecular Hbond substituents is 1. The number of sulfonamides is 1. The molecular weight excluding hydrogens is 452 g/mol. The molecule has 4 saturated carbocycles. The third kappa shape index (κ3) is 4.05. The molecule has 12 heteroatoms. The van der Waals surface area contributed by atoms with Crippen molar-refractivity contribution >= 4 is 27.5 Å². The lowest BCUT2D eigenvalue weighted by Gasteiger charge is -2.59. The topological polar surface area (TPSA) is 182 Å². The molecule has 4 bridgehead atoms. The lowest BCUT2D eigenvalue weighted by atomic mass is 9.47. The maximum atomic E-state index is 13.1. The fourth-order valence-electron chi connectivity index (χ4n) is 6.15. The third-order valence-electron chi connectivity index (χ3n) is 7.50. The highest BCUT2D eigenvalue weighted by atomic mass is 32.2. The van der Waals surface area contributed by atoms with E-state index in [1.165, 1.54) is 13.8 Å². The number of nitro groups is 1. The smallest absolute Gasteiger partial charge is 0.312 e. The lowest BCUT2D eigenvalue weighted by molar-refractivity contribution is -0.386. The van der Waals surface area contributed by atoms with Crippen molar-refractivity contribution in [3.63, 3.8) is 0 Å². The van der Waals surface area contributed by atoms with E-state index in [1.54, 1.807) is 0 Å². The Morgan fingerprint density at radius 1 is 1.21 bits per heavy atom. The van der Waals surface area contributed by atoms with Crippen molar-refractivity contribution in [1.29, 1.82) is 0 Å². The van der Waals surface area contributed by atoms with Crippen LogP contribution < -0.4 is 15.8 Å². The average Bonchev–Trinajstić information content (AvgIpc) is 2.69. The van der Waals surface area contributed by atoms with Gasteiger partial charge in [-0.25, -0.2) is 8.42 Å². The zero-order chi connectivity index (χ0) is 24.3. The first kappa shape index (κ1) is 23.4. The number of nitro benzene ring substituents is 1. The van der Waals surface area contributed by atoms with E-state index in [0.717, 1.165) is 37.5 Å². The predicted molar refractivity (Wildman–Crippen MR) is 116 cm³/mol. The molecule has 0 aromatic heterocycles. The van der Waals surface area contributed by atoms with E-state index >= 15 is 0 Å². The average molecular weight is 481 g/mol. The van der Waals surface area contributed by atoms with Crippen molar-refractivity contribution < 1.29 is 28.0 Å². The van der Waals surface area contributed by atoms with E-state index in [2.05, 4.69) is 10.0 Å². The van der Waals surface area contributed by atoms with Gasteiger partial charge in [0.2, 0.25) is 21.8 Å². The van der Waals surface area contributed by atoms with Gasteiger partial charge < -0.3 is 16.2 Å². The van der Waals surface area contributed by atoms with Crippen LogP contribution in [0.15, 0.2) is 23.1 Å². The number of amides is 2. The fraction of sp³-hybridized carbons (Fsp3) is 0.619. The highest BCUT2D eigenvalue weighted by Crippen LogP contribution is 2.59. The molecule has 0 radical (unpaired) electrons. The lowest BCUT2D eigenvalue weighted by Crippen LogP contribution is -2.65. The molecule has 2 atom stereocenters. The van der Waals surface area contributed by atoms with Crippen LogP contribution in [0.4, 0.5) is 5.69 Å². The van der Waals surface area contributed by atoms with E-state index in [9.17, 15) is 33.2 Å². The number of nitrogens with one attached hydrogen (secondary N) is 2. The quantitative estimate of drug-likeness (QED) is 0.333. The maximum absolute atomic E-state index is 13.1. The number of nitrogens with two attached hydrogens (primary N) is 1. The van der Waals surface area contributed by atoms with Crippen molar-refractivity contribution in [2.24, 2.45) is 28.9 Å². The molecule has 1 aromatic rings. The molecule has 0 aliphatic heterocycles. The monoisotopic (exact) mass is 480 g/mol. The third-order valence-corrected chi connectivity index (χ3v) is 9.16. The number of rotatable bonds is 7. The molecule has 0 heterocycles. The summed E-state index contributed by atoms with van der Waals surface area (Å²) in [5.74, 6) is -0.820. The Hall–Kier alpha value is -2.73. The Bertz CT molecular complexity index is 1120. The zero-order valence-corrected chi connectivity index (χ0v) is 19.2. The van der Waals surface area contributed by atoms with Crippen molar-refractivity contribution in [1.82, 2.24) is 10.0 Å². The summed E-state index contributed by atoms with van der Waals surface area (Å²) in [6.45, 7) is 2.82. The first-order chi connectivity index (χ1) is 15.2. The van der Waals surface area contributed by atoms with Gasteiger partial charge in [0.05, 0.1) is 9.82 Å². The number of hydrogen-bond acceptors (Lipinski definition) is 7. The van der Waals surface area contributed by atoms with Crippen molar-refractivity contribution in [2.75, 3.05) is 0 Å². The number of hydrogen-bond donors (Lipinski definition) is 4. The minimum Gasteiger partial charge on any atom is -0.502 e. The summed E-state index contributed by atoms with van der Waals surface area (Å²) in [5.41, 5.74) is 2.91. The standard InChI is InChI=1S/C21H28N4O7S/c1-20(2,24-33(31,32)14-3-4-16(26)15(7-14)25(29)30)19(28)23-17-12-5-11-6-13(17)10-21(8-11,9-12)18(22)27/h3-4,7,11-13,17,24,26H,5-6,8-10H2,1-2H3,(H2,22,27)(H,23,28). The zero-order valence-electron chi connectivity index (χ0n) is 18.4. The van der Waals surface area contributed by atoms with E-state index < -0.39 is 48.1 Å². The fourth-order valence-corrected chi connectivity index (χ4v) is 7.55. The summed E-state index contributed by atoms with van der Waals surface area (Å²) in [6.07, 6.45) is 3.87. The minimum absolute atomic E-state index is 0.111. The molecule has 5 rings (SSSR count). The Kier molecular flexibility index (Phi) is 5.44. The molecule has 5 N–H and O–H groups in total. The van der Waals surface area contributed by atoms with Crippen molar-refractivity contribution in [3.8, 4) is 5.75 Å². The number of phenols is 1. The van der Waals surface area contributed by atoms with E-state index in [-0.39, 0.29) is 23.8 Å². The Balaban J connectivity index is 1.49. The second-order valence-electron chi connectivity index (χ2n) is 10.3. The van der Waals surface area contributed by atoms with Gasteiger partial charge in [0.25, 0.3) is 0 Å². The summed E-state index contributed by atoms with van der Waals surface area (Å²) in [4.78, 5) is 35.0. The SMILES string of the molecule is CC(C)(NS(=O)(=O)c1ccc(O)c([N+](=O)[O-])c1)C(=O)NC1C2CC3CC1CC(C(N)=O)(C3)C2. The van der Waals surface area contributed by atoms with Gasteiger partial charge in [-0.3, -0.25) is 19.7 Å². The predicted octanol–water partition coefficient (Wildman–Crippen LogP) is 1.15. The van der Waals surface area contributed by atoms with Gasteiger partial charge in [0, 0.05) is 17.5 Å². The number of primary amides is 1. The molecule has 4 aliphatic carbocycles. The van der Waals surface area contributed by atoms with E-state index in [4.69, 9.17) is 5.73 Å². The molecule has 2 amide bonds. The van der Waals surface area contributed by atoms with Gasteiger partial charge in [-0.1, -0.05) is 0 Å². The summed E-state index contributed by atoms with van der Waals surface area (Å²) >= 11 is 0. The van der Waals surface area contributed by atoms with Gasteiger partial charge in [-0.15, -0.1) is 0 Å². The Morgan fingerprint density at radius 3 is 2.36 bits per heavy atom. The molecule has 0 saturated heterocycles. The van der Waals surface area contributed by atoms with Crippen LogP contribution in [0, 0.1) is 33.3 Å². The van der Waals surface area contributed by atoms with Crippen LogP contribution in [-0.4, -0.2) is 41.8 Å². The van der Waals surface area contributed by atoms with Crippen LogP contribution in [0.25, 0.3) is 0 Å². The molecule has 2 unspecified atom stereocenters. The Labute approximate surface area is 191 Å². The van der Waals surface area contributed by atoms with Crippen LogP contribution >= 0.6 is 0 Å². The van der Waals surface area contributed by atoms with Crippen LogP contribution in [0.5, 0.6) is 5.75 Å². The summed E-state index contributed by atoms with van der Waals surface area (Å²) in [7, 11) is -4.31. The van der Waals surface area contributed by atoms with E-state index in [0.29, 0.717) is 18.8 Å². The van der Waals surface area contributed by atoms with Crippen LogP contribution in [-0.2, 0) is 19.6 Å². The largest absolute Gasteiger partial charge is 0.502 e. The normalized spacial score (nSPS) is 30.7. The molecule has 180 valence electrons. The number of carbonyl (C=O) groups excluding carboxylic acids is 2. The number of nitrogens with zero attached hydrogens (tertiary/aromatic N) is 1. The molecule has 4 fully saturated rings. The molecular formula is C21H28N4O7S. The molecule has 0 spiro atoms. The second kappa shape index (κ2) is 7.66. The number of carbonyl (C=O) groups is 2. The van der Waals surface area contributed by atoms with E-state index in [1.807, 2.05) is 0 Å². The maximum Gasteiger partial charge on any atom is 0.312 e. The first-order valence-electron chi connectivity index (χ1n) is 10.9. The van der Waals surface area contributed by atoms with Crippen molar-refractivity contribution in [2.45, 2.75) is 62.4 Å². The molecule has 4 aliphatic rings. The van der Waals surface area contributed by atoms with Gasteiger partial charge >= 0.3 is 5.69 Å². The number of benzene rings is 1. The highest BCUT2D eigenvalue weighted by molar-refractivity contribution is 7.89. The van der Waals surface area contributed by atoms with Gasteiger partial charge in [-0.2, -0.15) is 4.72 Å². The molecule has 11 nitrogen and oxygen atoms in total. The summed E-state index contributed by atoms with van der Waals surface area (Å²) in [6, 6.07) is 2.52.